The third-order valence-corrected chi connectivity index (χ3v) is 2.34. The van der Waals surface area contributed by atoms with Crippen LogP contribution >= 0.6 is 0 Å². The Labute approximate surface area is 75.2 Å². The van der Waals surface area contributed by atoms with Gasteiger partial charge in [-0.15, -0.1) is 0 Å². The fourth-order valence-corrected chi connectivity index (χ4v) is 1.27. The summed E-state index contributed by atoms with van der Waals surface area (Å²) < 4.78 is 10.2. The maximum absolute atomic E-state index is 5.30. The molecule has 0 aliphatic carbocycles. The van der Waals surface area contributed by atoms with Crippen LogP contribution in [0, 0.1) is 0 Å². The van der Waals surface area contributed by atoms with Crippen molar-refractivity contribution in [3.63, 3.8) is 0 Å². The molecular formula is C10H20O2. The molecule has 2 rings (SSSR count). The number of epoxide rings is 1. The molecule has 0 N–H and O–H groups in total. The Kier molecular flexibility index (Phi) is 4.62. The summed E-state index contributed by atoms with van der Waals surface area (Å²) in [7, 11) is 0. The lowest BCUT2D eigenvalue weighted by molar-refractivity contribution is 0.108. The zero-order chi connectivity index (χ0) is 8.81. The van der Waals surface area contributed by atoms with Crippen LogP contribution in [0.2, 0.25) is 0 Å². The van der Waals surface area contributed by atoms with E-state index in [2.05, 4.69) is 13.8 Å². The molecule has 2 saturated heterocycles. The van der Waals surface area contributed by atoms with Gasteiger partial charge in [-0.1, -0.05) is 13.8 Å². The standard InChI is InChI=1S/C6H12O.C4H8O/c1-2-6-4-3-5-7-6;1-2-4-3-5-4/h6H,2-5H2,1H3;4H,2-3H2,1H3. The van der Waals surface area contributed by atoms with Gasteiger partial charge in [0.05, 0.1) is 18.8 Å². The molecule has 2 fully saturated rings. The summed E-state index contributed by atoms with van der Waals surface area (Å²) in [4.78, 5) is 0. The molecule has 0 saturated carbocycles. The number of hydrogen-bond acceptors (Lipinski definition) is 2. The van der Waals surface area contributed by atoms with E-state index in [9.17, 15) is 0 Å². The van der Waals surface area contributed by atoms with Crippen LogP contribution in [-0.4, -0.2) is 25.4 Å². The van der Waals surface area contributed by atoms with E-state index < -0.39 is 0 Å². The van der Waals surface area contributed by atoms with Gasteiger partial charge in [0, 0.05) is 6.61 Å². The highest BCUT2D eigenvalue weighted by atomic mass is 16.6. The number of hydrogen-bond donors (Lipinski definition) is 0. The Balaban J connectivity index is 0.000000127. The van der Waals surface area contributed by atoms with E-state index in [4.69, 9.17) is 9.47 Å². The molecule has 72 valence electrons. The van der Waals surface area contributed by atoms with E-state index in [0.29, 0.717) is 12.2 Å². The van der Waals surface area contributed by atoms with Crippen LogP contribution in [0.3, 0.4) is 0 Å². The lowest BCUT2D eigenvalue weighted by atomic mass is 10.2. The molecular weight excluding hydrogens is 152 g/mol. The van der Waals surface area contributed by atoms with E-state index in [1.165, 1.54) is 25.7 Å². The first-order chi connectivity index (χ1) is 5.86. The first-order valence-electron chi connectivity index (χ1n) is 5.10. The van der Waals surface area contributed by atoms with Crippen molar-refractivity contribution in [2.24, 2.45) is 0 Å². The second-order valence-corrected chi connectivity index (χ2v) is 3.41. The summed E-state index contributed by atoms with van der Waals surface area (Å²) in [6, 6.07) is 0. The molecule has 2 aliphatic rings. The molecule has 12 heavy (non-hydrogen) atoms. The Bertz CT molecular complexity index is 104. The quantitative estimate of drug-likeness (QED) is 0.596. The lowest BCUT2D eigenvalue weighted by Crippen LogP contribution is -2.00. The van der Waals surface area contributed by atoms with Crippen molar-refractivity contribution < 1.29 is 9.47 Å². The van der Waals surface area contributed by atoms with Gasteiger partial charge in [-0.3, -0.25) is 0 Å². The smallest absolute Gasteiger partial charge is 0.0807 e. The maximum atomic E-state index is 5.30. The van der Waals surface area contributed by atoms with Crippen LogP contribution < -0.4 is 0 Å². The molecule has 2 heterocycles. The van der Waals surface area contributed by atoms with Gasteiger partial charge in [-0.05, 0) is 25.7 Å². The van der Waals surface area contributed by atoms with E-state index >= 15 is 0 Å². The van der Waals surface area contributed by atoms with Crippen molar-refractivity contribution in [3.05, 3.63) is 0 Å². The predicted octanol–water partition coefficient (Wildman–Crippen LogP) is 2.37. The fourth-order valence-electron chi connectivity index (χ4n) is 1.27. The second-order valence-electron chi connectivity index (χ2n) is 3.41. The molecule has 0 spiro atoms. The van der Waals surface area contributed by atoms with Crippen LogP contribution in [0.15, 0.2) is 0 Å². The van der Waals surface area contributed by atoms with Gasteiger partial charge < -0.3 is 9.47 Å². The van der Waals surface area contributed by atoms with Crippen molar-refractivity contribution in [2.75, 3.05) is 13.2 Å². The SMILES string of the molecule is CCC1CCCO1.CCC1CO1. The van der Waals surface area contributed by atoms with Crippen molar-refractivity contribution in [3.8, 4) is 0 Å². The molecule has 0 aromatic carbocycles. The minimum absolute atomic E-state index is 0.597. The third kappa shape index (κ3) is 4.07. The second kappa shape index (κ2) is 5.55. The largest absolute Gasteiger partial charge is 0.378 e. The number of rotatable bonds is 2. The Morgan fingerprint density at radius 3 is 1.92 bits per heavy atom. The molecule has 2 atom stereocenters. The molecule has 2 unspecified atom stereocenters. The van der Waals surface area contributed by atoms with Gasteiger partial charge in [0.2, 0.25) is 0 Å². The average Bonchev–Trinajstić information content (AvgIpc) is 2.82. The van der Waals surface area contributed by atoms with Crippen LogP contribution in [0.5, 0.6) is 0 Å². The zero-order valence-electron chi connectivity index (χ0n) is 8.21. The van der Waals surface area contributed by atoms with Crippen molar-refractivity contribution in [2.45, 2.75) is 51.7 Å². The summed E-state index contributed by atoms with van der Waals surface area (Å²) >= 11 is 0. The number of ether oxygens (including phenoxy) is 2. The van der Waals surface area contributed by atoms with Gasteiger partial charge in [0.15, 0.2) is 0 Å². The average molecular weight is 172 g/mol. The minimum atomic E-state index is 0.597. The predicted molar refractivity (Wildman–Crippen MR) is 49.3 cm³/mol. The van der Waals surface area contributed by atoms with Gasteiger partial charge in [0.25, 0.3) is 0 Å². The molecule has 2 heteroatoms. The Hall–Kier alpha value is -0.0800. The monoisotopic (exact) mass is 172 g/mol. The van der Waals surface area contributed by atoms with Crippen LogP contribution in [-0.2, 0) is 9.47 Å². The fraction of sp³-hybridized carbons (Fsp3) is 1.00. The third-order valence-electron chi connectivity index (χ3n) is 2.34. The molecule has 0 bridgehead atoms. The van der Waals surface area contributed by atoms with Crippen molar-refractivity contribution in [1.29, 1.82) is 0 Å². The van der Waals surface area contributed by atoms with E-state index in [0.717, 1.165) is 13.2 Å². The van der Waals surface area contributed by atoms with E-state index in [1.54, 1.807) is 0 Å². The lowest BCUT2D eigenvalue weighted by Gasteiger charge is -2.01. The van der Waals surface area contributed by atoms with Crippen LogP contribution in [0.1, 0.15) is 39.5 Å². The molecule has 0 aromatic rings. The highest BCUT2D eigenvalue weighted by Crippen LogP contribution is 2.13. The van der Waals surface area contributed by atoms with Crippen molar-refractivity contribution >= 4 is 0 Å². The minimum Gasteiger partial charge on any atom is -0.378 e. The topological polar surface area (TPSA) is 21.8 Å². The van der Waals surface area contributed by atoms with Crippen LogP contribution in [0.25, 0.3) is 0 Å². The van der Waals surface area contributed by atoms with Gasteiger partial charge >= 0.3 is 0 Å². The molecule has 2 nitrogen and oxygen atoms in total. The van der Waals surface area contributed by atoms with E-state index in [-0.39, 0.29) is 0 Å². The summed E-state index contributed by atoms with van der Waals surface area (Å²) in [5, 5.41) is 0. The summed E-state index contributed by atoms with van der Waals surface area (Å²) in [5.41, 5.74) is 0. The normalized spacial score (nSPS) is 32.5. The van der Waals surface area contributed by atoms with Crippen LogP contribution in [0.4, 0.5) is 0 Å². The van der Waals surface area contributed by atoms with Gasteiger partial charge in [-0.25, -0.2) is 0 Å². The van der Waals surface area contributed by atoms with Crippen molar-refractivity contribution in [1.82, 2.24) is 0 Å². The molecule has 0 amide bonds. The molecule has 0 aromatic heterocycles. The Morgan fingerprint density at radius 1 is 1.08 bits per heavy atom. The Morgan fingerprint density at radius 2 is 1.75 bits per heavy atom. The first kappa shape index (κ1) is 10.0. The zero-order valence-corrected chi connectivity index (χ0v) is 8.21. The van der Waals surface area contributed by atoms with Gasteiger partial charge in [0.1, 0.15) is 0 Å². The molecule has 2 aliphatic heterocycles. The summed E-state index contributed by atoms with van der Waals surface area (Å²) in [6.07, 6.45) is 6.18. The first-order valence-corrected chi connectivity index (χ1v) is 5.10. The molecule has 0 radical (unpaired) electrons. The summed E-state index contributed by atoms with van der Waals surface area (Å²) in [6.45, 7) is 6.32. The van der Waals surface area contributed by atoms with Gasteiger partial charge in [-0.2, -0.15) is 0 Å². The maximum Gasteiger partial charge on any atom is 0.0807 e. The highest BCUT2D eigenvalue weighted by Gasteiger charge is 2.18. The highest BCUT2D eigenvalue weighted by molar-refractivity contribution is 4.64. The van der Waals surface area contributed by atoms with E-state index in [1.807, 2.05) is 0 Å². The summed E-state index contributed by atoms with van der Waals surface area (Å²) in [5.74, 6) is 0.